The number of hydrogen-bond acceptors (Lipinski definition) is 3. The van der Waals surface area contributed by atoms with E-state index >= 15 is 0 Å². The molecule has 5 heteroatoms. The van der Waals surface area contributed by atoms with E-state index in [2.05, 4.69) is 31.5 Å². The Kier molecular flexibility index (Phi) is 5.08. The summed E-state index contributed by atoms with van der Waals surface area (Å²) in [5.41, 5.74) is 0.718. The van der Waals surface area contributed by atoms with Gasteiger partial charge in [-0.25, -0.2) is 4.98 Å². The van der Waals surface area contributed by atoms with Crippen LogP contribution in [0.3, 0.4) is 0 Å². The summed E-state index contributed by atoms with van der Waals surface area (Å²) in [6.07, 6.45) is 0. The van der Waals surface area contributed by atoms with Crippen molar-refractivity contribution in [2.45, 2.75) is 32.9 Å². The number of hydrogen-bond donors (Lipinski definition) is 2. The Balaban J connectivity index is 2.31. The molecule has 1 aromatic heterocycles. The molecule has 0 aliphatic heterocycles. The molecule has 0 radical (unpaired) electrons. The Hall–Kier alpha value is -0.940. The van der Waals surface area contributed by atoms with Crippen molar-refractivity contribution in [2.75, 3.05) is 6.54 Å². The predicted octanol–water partition coefficient (Wildman–Crippen LogP) is 1.85. The predicted molar refractivity (Wildman–Crippen MR) is 71.5 cm³/mol. The van der Waals surface area contributed by atoms with Crippen LogP contribution in [0.15, 0.2) is 22.8 Å². The number of amides is 1. The molecule has 2 N–H and O–H groups in total. The van der Waals surface area contributed by atoms with Crippen molar-refractivity contribution in [3.8, 4) is 0 Å². The van der Waals surface area contributed by atoms with Gasteiger partial charge in [0.25, 0.3) is 0 Å². The molecule has 1 rings (SSSR count). The van der Waals surface area contributed by atoms with Crippen LogP contribution in [-0.4, -0.2) is 23.0 Å². The van der Waals surface area contributed by atoms with E-state index < -0.39 is 0 Å². The van der Waals surface area contributed by atoms with Gasteiger partial charge in [-0.05, 0) is 48.8 Å². The van der Waals surface area contributed by atoms with Crippen LogP contribution in [0.25, 0.3) is 0 Å². The first-order valence-corrected chi connectivity index (χ1v) is 6.29. The molecular formula is C12H18BrN3O. The molecule has 0 spiro atoms. The first-order valence-electron chi connectivity index (χ1n) is 5.50. The maximum Gasteiger partial charge on any atom is 0.234 e. The smallest absolute Gasteiger partial charge is 0.234 e. The molecule has 0 saturated carbocycles. The number of rotatable bonds is 4. The van der Waals surface area contributed by atoms with Crippen molar-refractivity contribution in [1.29, 1.82) is 0 Å². The van der Waals surface area contributed by atoms with E-state index in [1.807, 2.05) is 39.0 Å². The van der Waals surface area contributed by atoms with E-state index in [4.69, 9.17) is 0 Å². The third kappa shape index (κ3) is 6.38. The lowest BCUT2D eigenvalue weighted by atomic mass is 10.1. The second-order valence-corrected chi connectivity index (χ2v) is 5.67. The summed E-state index contributed by atoms with van der Waals surface area (Å²) < 4.78 is 0.802. The highest BCUT2D eigenvalue weighted by Gasteiger charge is 2.12. The second-order valence-electron chi connectivity index (χ2n) is 4.85. The normalized spacial score (nSPS) is 11.3. The van der Waals surface area contributed by atoms with Crippen molar-refractivity contribution in [3.63, 3.8) is 0 Å². The topological polar surface area (TPSA) is 54.0 Å². The fourth-order valence-corrected chi connectivity index (χ4v) is 1.70. The summed E-state index contributed by atoms with van der Waals surface area (Å²) in [4.78, 5) is 15.8. The molecule has 0 bridgehead atoms. The van der Waals surface area contributed by atoms with Crippen molar-refractivity contribution in [2.24, 2.45) is 0 Å². The quantitative estimate of drug-likeness (QED) is 0.834. The van der Waals surface area contributed by atoms with Gasteiger partial charge >= 0.3 is 0 Å². The first-order chi connectivity index (χ1) is 7.87. The lowest BCUT2D eigenvalue weighted by molar-refractivity contribution is -0.121. The average molecular weight is 300 g/mol. The van der Waals surface area contributed by atoms with Crippen molar-refractivity contribution >= 4 is 21.8 Å². The number of nitrogens with one attached hydrogen (secondary N) is 2. The van der Waals surface area contributed by atoms with Gasteiger partial charge in [-0.15, -0.1) is 0 Å². The largest absolute Gasteiger partial charge is 0.350 e. The minimum Gasteiger partial charge on any atom is -0.350 e. The van der Waals surface area contributed by atoms with Crippen LogP contribution in [0, 0.1) is 0 Å². The zero-order valence-corrected chi connectivity index (χ0v) is 12.0. The third-order valence-electron chi connectivity index (χ3n) is 1.88. The maximum atomic E-state index is 11.5. The number of nitrogens with zero attached hydrogens (tertiary/aromatic N) is 1. The number of pyridine rings is 1. The standard InChI is InChI=1S/C12H18BrN3O/c1-12(2,3)16-11(17)8-14-7-9-5-4-6-10(13)15-9/h4-6,14H,7-8H2,1-3H3,(H,16,17). The molecule has 0 fully saturated rings. The van der Waals surface area contributed by atoms with Crippen LogP contribution < -0.4 is 10.6 Å². The molecule has 0 aliphatic carbocycles. The van der Waals surface area contributed by atoms with Gasteiger partial charge in [0.15, 0.2) is 0 Å². The first kappa shape index (κ1) is 14.1. The van der Waals surface area contributed by atoms with Crippen LogP contribution in [0.2, 0.25) is 0 Å². The molecule has 1 heterocycles. The highest BCUT2D eigenvalue weighted by molar-refractivity contribution is 9.10. The fourth-order valence-electron chi connectivity index (χ4n) is 1.32. The summed E-state index contributed by atoms with van der Waals surface area (Å²) in [5.74, 6) is -0.00695. The van der Waals surface area contributed by atoms with E-state index in [9.17, 15) is 4.79 Å². The Morgan fingerprint density at radius 2 is 2.12 bits per heavy atom. The van der Waals surface area contributed by atoms with Crippen LogP contribution in [0.5, 0.6) is 0 Å². The molecule has 1 aromatic rings. The Morgan fingerprint density at radius 3 is 2.71 bits per heavy atom. The van der Waals surface area contributed by atoms with E-state index in [0.29, 0.717) is 13.1 Å². The van der Waals surface area contributed by atoms with Crippen LogP contribution in [-0.2, 0) is 11.3 Å². The average Bonchev–Trinajstić information content (AvgIpc) is 2.14. The Morgan fingerprint density at radius 1 is 1.41 bits per heavy atom. The zero-order chi connectivity index (χ0) is 12.9. The minimum atomic E-state index is -0.188. The number of carbonyl (C=O) groups is 1. The summed E-state index contributed by atoms with van der Waals surface area (Å²) in [6.45, 7) is 6.75. The van der Waals surface area contributed by atoms with Crippen LogP contribution >= 0.6 is 15.9 Å². The molecule has 94 valence electrons. The third-order valence-corrected chi connectivity index (χ3v) is 2.32. The maximum absolute atomic E-state index is 11.5. The van der Waals surface area contributed by atoms with Gasteiger partial charge in [0.1, 0.15) is 4.60 Å². The molecule has 0 atom stereocenters. The fraction of sp³-hybridized carbons (Fsp3) is 0.500. The Bertz CT molecular complexity index is 388. The van der Waals surface area contributed by atoms with Crippen molar-refractivity contribution < 1.29 is 4.79 Å². The SMILES string of the molecule is CC(C)(C)NC(=O)CNCc1cccc(Br)n1. The highest BCUT2D eigenvalue weighted by Crippen LogP contribution is 2.05. The molecule has 4 nitrogen and oxygen atoms in total. The van der Waals surface area contributed by atoms with Gasteiger partial charge in [0.05, 0.1) is 12.2 Å². The van der Waals surface area contributed by atoms with Gasteiger partial charge in [0.2, 0.25) is 5.91 Å². The highest BCUT2D eigenvalue weighted by atomic mass is 79.9. The summed E-state index contributed by atoms with van der Waals surface area (Å²) >= 11 is 3.30. The van der Waals surface area contributed by atoms with E-state index in [1.165, 1.54) is 0 Å². The molecule has 0 saturated heterocycles. The van der Waals surface area contributed by atoms with Gasteiger partial charge in [-0.1, -0.05) is 6.07 Å². The Labute approximate surface area is 110 Å². The molecule has 0 unspecified atom stereocenters. The monoisotopic (exact) mass is 299 g/mol. The van der Waals surface area contributed by atoms with Crippen molar-refractivity contribution in [1.82, 2.24) is 15.6 Å². The summed E-state index contributed by atoms with van der Waals surface area (Å²) in [6, 6.07) is 5.71. The molecule has 17 heavy (non-hydrogen) atoms. The number of aromatic nitrogens is 1. The molecule has 0 aliphatic rings. The summed E-state index contributed by atoms with van der Waals surface area (Å²) in [7, 11) is 0. The molecular weight excluding hydrogens is 282 g/mol. The second kappa shape index (κ2) is 6.12. The minimum absolute atomic E-state index is 0.00695. The zero-order valence-electron chi connectivity index (χ0n) is 10.4. The van der Waals surface area contributed by atoms with Gasteiger partial charge in [0, 0.05) is 12.1 Å². The lowest BCUT2D eigenvalue weighted by Gasteiger charge is -2.20. The van der Waals surface area contributed by atoms with E-state index in [0.717, 1.165) is 10.3 Å². The molecule has 0 aromatic carbocycles. The number of carbonyl (C=O) groups excluding carboxylic acids is 1. The summed E-state index contributed by atoms with van der Waals surface area (Å²) in [5, 5.41) is 5.94. The van der Waals surface area contributed by atoms with Crippen molar-refractivity contribution in [3.05, 3.63) is 28.5 Å². The molecule has 1 amide bonds. The van der Waals surface area contributed by atoms with Crippen LogP contribution in [0.1, 0.15) is 26.5 Å². The van der Waals surface area contributed by atoms with E-state index in [1.54, 1.807) is 0 Å². The van der Waals surface area contributed by atoms with Gasteiger partial charge in [-0.2, -0.15) is 0 Å². The van der Waals surface area contributed by atoms with Gasteiger partial charge in [-0.3, -0.25) is 4.79 Å². The number of halogens is 1. The van der Waals surface area contributed by atoms with Gasteiger partial charge < -0.3 is 10.6 Å². The van der Waals surface area contributed by atoms with E-state index in [-0.39, 0.29) is 11.4 Å². The lowest BCUT2D eigenvalue weighted by Crippen LogP contribution is -2.44. The van der Waals surface area contributed by atoms with Crippen LogP contribution in [0.4, 0.5) is 0 Å².